The normalized spacial score (nSPS) is 12.7. The lowest BCUT2D eigenvalue weighted by Gasteiger charge is -1.97. The van der Waals surface area contributed by atoms with Gasteiger partial charge in [-0.15, -0.1) is 0 Å². The first-order valence-corrected chi connectivity index (χ1v) is 4.09. The maximum atomic E-state index is 5.77. The second kappa shape index (κ2) is 3.89. The Hall–Kier alpha value is -1.58. The quantitative estimate of drug-likeness (QED) is 0.695. The highest BCUT2D eigenvalue weighted by Gasteiger charge is 2.06. The minimum absolute atomic E-state index is 0.644. The minimum Gasteiger partial charge on any atom is -0.383 e. The van der Waals surface area contributed by atoms with Crippen LogP contribution in [0.3, 0.4) is 0 Å². The summed E-state index contributed by atoms with van der Waals surface area (Å²) in [6, 6.07) is 0. The first-order chi connectivity index (χ1) is 6.16. The molecule has 0 atom stereocenters. The van der Waals surface area contributed by atoms with Gasteiger partial charge in [0.1, 0.15) is 11.5 Å². The van der Waals surface area contributed by atoms with Crippen LogP contribution in [0.25, 0.3) is 0 Å². The molecule has 1 heterocycles. The van der Waals surface area contributed by atoms with Crippen molar-refractivity contribution in [3.05, 3.63) is 24.3 Å². The summed E-state index contributed by atoms with van der Waals surface area (Å²) in [6.07, 6.45) is 5.27. The zero-order chi connectivity index (χ0) is 9.84. The number of hydrogen-bond acceptors (Lipinski definition) is 3. The molecular weight excluding hydrogens is 164 g/mol. The third-order valence-electron chi connectivity index (χ3n) is 1.74. The fourth-order valence-electron chi connectivity index (χ4n) is 0.966. The Kier molecular flexibility index (Phi) is 2.84. The lowest BCUT2D eigenvalue weighted by Crippen LogP contribution is -2.02. The van der Waals surface area contributed by atoms with E-state index in [-0.39, 0.29) is 0 Å². The maximum absolute atomic E-state index is 5.77. The largest absolute Gasteiger partial charge is 0.383 e. The number of aromatic nitrogens is 2. The molecule has 0 aromatic carbocycles. The molecular formula is C9H14N4. The van der Waals surface area contributed by atoms with Gasteiger partial charge in [-0.2, -0.15) is 0 Å². The van der Waals surface area contributed by atoms with Crippen LogP contribution in [0, 0.1) is 0 Å². The van der Waals surface area contributed by atoms with Crippen molar-refractivity contribution in [2.24, 2.45) is 12.0 Å². The Bertz CT molecular complexity index is 346. The summed E-state index contributed by atoms with van der Waals surface area (Å²) in [7, 11) is 1.86. The number of allylic oxidation sites excluding steroid dienone is 1. The first-order valence-electron chi connectivity index (χ1n) is 4.09. The van der Waals surface area contributed by atoms with Crippen molar-refractivity contribution in [3.8, 4) is 0 Å². The van der Waals surface area contributed by atoms with Gasteiger partial charge in [0.2, 0.25) is 0 Å². The van der Waals surface area contributed by atoms with Crippen molar-refractivity contribution in [2.45, 2.75) is 13.8 Å². The highest BCUT2D eigenvalue weighted by Crippen LogP contribution is 2.09. The van der Waals surface area contributed by atoms with Crippen molar-refractivity contribution < 1.29 is 0 Å². The molecule has 0 radical (unpaired) electrons. The third-order valence-corrected chi connectivity index (χ3v) is 1.74. The van der Waals surface area contributed by atoms with E-state index >= 15 is 0 Å². The zero-order valence-corrected chi connectivity index (χ0v) is 8.15. The van der Waals surface area contributed by atoms with Crippen LogP contribution in [0.5, 0.6) is 0 Å². The van der Waals surface area contributed by atoms with Gasteiger partial charge in [-0.1, -0.05) is 6.08 Å². The van der Waals surface area contributed by atoms with E-state index in [0.29, 0.717) is 5.82 Å². The topological polar surface area (TPSA) is 56.2 Å². The molecule has 0 fully saturated rings. The van der Waals surface area contributed by atoms with E-state index in [4.69, 9.17) is 5.73 Å². The maximum Gasteiger partial charge on any atom is 0.132 e. The summed E-state index contributed by atoms with van der Waals surface area (Å²) in [5.41, 5.74) is 7.35. The summed E-state index contributed by atoms with van der Waals surface area (Å²) in [4.78, 5) is 8.31. The summed E-state index contributed by atoms with van der Waals surface area (Å²) in [5.74, 6) is 0.644. The SMILES string of the molecule is C/C=C\N=C(C)c1ncn(C)c1N. The summed E-state index contributed by atoms with van der Waals surface area (Å²) >= 11 is 0. The zero-order valence-electron chi connectivity index (χ0n) is 8.15. The van der Waals surface area contributed by atoms with Crippen LogP contribution in [-0.2, 0) is 7.05 Å². The van der Waals surface area contributed by atoms with E-state index in [9.17, 15) is 0 Å². The summed E-state index contributed by atoms with van der Waals surface area (Å²) < 4.78 is 1.77. The van der Waals surface area contributed by atoms with Gasteiger partial charge >= 0.3 is 0 Å². The van der Waals surface area contributed by atoms with Crippen LogP contribution in [0.2, 0.25) is 0 Å². The van der Waals surface area contributed by atoms with E-state index in [2.05, 4.69) is 9.98 Å². The van der Waals surface area contributed by atoms with Crippen molar-refractivity contribution in [2.75, 3.05) is 5.73 Å². The highest BCUT2D eigenvalue weighted by atomic mass is 15.1. The van der Waals surface area contributed by atoms with Crippen LogP contribution in [0.4, 0.5) is 5.82 Å². The fraction of sp³-hybridized carbons (Fsp3) is 0.333. The number of anilines is 1. The Morgan fingerprint density at radius 1 is 1.69 bits per heavy atom. The second-order valence-corrected chi connectivity index (χ2v) is 2.79. The smallest absolute Gasteiger partial charge is 0.132 e. The number of nitrogens with zero attached hydrogens (tertiary/aromatic N) is 3. The van der Waals surface area contributed by atoms with Gasteiger partial charge in [-0.05, 0) is 13.8 Å². The molecule has 2 N–H and O–H groups in total. The lowest BCUT2D eigenvalue weighted by molar-refractivity contribution is 0.925. The molecule has 1 aromatic heterocycles. The molecule has 70 valence electrons. The molecule has 4 nitrogen and oxygen atoms in total. The number of rotatable bonds is 2. The number of nitrogens with two attached hydrogens (primary N) is 1. The van der Waals surface area contributed by atoms with Crippen LogP contribution in [0.1, 0.15) is 19.5 Å². The monoisotopic (exact) mass is 178 g/mol. The first kappa shape index (κ1) is 9.51. The molecule has 0 saturated carbocycles. The van der Waals surface area contributed by atoms with Crippen molar-refractivity contribution >= 4 is 11.5 Å². The number of nitrogen functional groups attached to an aromatic ring is 1. The standard InChI is InChI=1S/C9H14N4/c1-4-5-11-7(2)8-9(10)13(3)6-12-8/h4-6H,10H2,1-3H3/b5-4-,11-7?. The molecule has 0 amide bonds. The molecule has 0 unspecified atom stereocenters. The molecule has 0 bridgehead atoms. The fourth-order valence-corrected chi connectivity index (χ4v) is 0.966. The Labute approximate surface area is 77.8 Å². The lowest BCUT2D eigenvalue weighted by atomic mass is 10.3. The van der Waals surface area contributed by atoms with Crippen molar-refractivity contribution in [3.63, 3.8) is 0 Å². The van der Waals surface area contributed by atoms with Gasteiger partial charge in [0.15, 0.2) is 0 Å². The number of aryl methyl sites for hydroxylation is 1. The summed E-state index contributed by atoms with van der Waals surface area (Å²) in [6.45, 7) is 3.80. The average molecular weight is 178 g/mol. The van der Waals surface area contributed by atoms with E-state index < -0.39 is 0 Å². The highest BCUT2D eigenvalue weighted by molar-refractivity contribution is 6.01. The van der Waals surface area contributed by atoms with Gasteiger partial charge in [-0.25, -0.2) is 4.98 Å². The van der Waals surface area contributed by atoms with Gasteiger partial charge in [0.05, 0.1) is 12.0 Å². The molecule has 0 aliphatic heterocycles. The number of imidazole rings is 1. The van der Waals surface area contributed by atoms with E-state index in [1.807, 2.05) is 27.0 Å². The van der Waals surface area contributed by atoms with Gasteiger partial charge in [0.25, 0.3) is 0 Å². The van der Waals surface area contributed by atoms with Crippen LogP contribution in [-0.4, -0.2) is 15.3 Å². The molecule has 0 aliphatic rings. The molecule has 1 aromatic rings. The van der Waals surface area contributed by atoms with Gasteiger partial charge < -0.3 is 10.3 Å². The van der Waals surface area contributed by atoms with Crippen molar-refractivity contribution in [1.29, 1.82) is 0 Å². The van der Waals surface area contributed by atoms with Crippen molar-refractivity contribution in [1.82, 2.24) is 9.55 Å². The minimum atomic E-state index is 0.644. The second-order valence-electron chi connectivity index (χ2n) is 2.79. The Balaban J connectivity index is 3.01. The number of hydrogen-bond donors (Lipinski definition) is 1. The van der Waals surface area contributed by atoms with Crippen LogP contribution < -0.4 is 5.73 Å². The van der Waals surface area contributed by atoms with Gasteiger partial charge in [0, 0.05) is 13.2 Å². The molecule has 0 aliphatic carbocycles. The third kappa shape index (κ3) is 1.96. The van der Waals surface area contributed by atoms with Gasteiger partial charge in [-0.3, -0.25) is 4.99 Å². The van der Waals surface area contributed by atoms with E-state index in [0.717, 1.165) is 11.4 Å². The molecule has 1 rings (SSSR count). The summed E-state index contributed by atoms with van der Waals surface area (Å²) in [5, 5.41) is 0. The predicted octanol–water partition coefficient (Wildman–Crippen LogP) is 1.34. The van der Waals surface area contributed by atoms with Crippen LogP contribution >= 0.6 is 0 Å². The molecule has 4 heteroatoms. The molecule has 13 heavy (non-hydrogen) atoms. The Morgan fingerprint density at radius 2 is 2.38 bits per heavy atom. The predicted molar refractivity (Wildman–Crippen MR) is 54.6 cm³/mol. The Morgan fingerprint density at radius 3 is 2.85 bits per heavy atom. The van der Waals surface area contributed by atoms with Crippen LogP contribution in [0.15, 0.2) is 23.6 Å². The number of aliphatic imine (C=N–C) groups is 1. The van der Waals surface area contributed by atoms with E-state index in [1.165, 1.54) is 0 Å². The average Bonchev–Trinajstić information content (AvgIpc) is 2.44. The molecule has 0 spiro atoms. The molecule has 0 saturated heterocycles. The van der Waals surface area contributed by atoms with E-state index in [1.54, 1.807) is 17.1 Å².